The molecule has 10 rings (SSSR count). The maximum absolute atomic E-state index is 10.3. The summed E-state index contributed by atoms with van der Waals surface area (Å²) in [6, 6.07) is 50.5. The minimum absolute atomic E-state index is 0. The Morgan fingerprint density at radius 1 is 0.647 bits per heavy atom. The Bertz CT molecular complexity index is 3380. The summed E-state index contributed by atoms with van der Waals surface area (Å²) < 4.78 is 54.2. The summed E-state index contributed by atoms with van der Waals surface area (Å²) in [5, 5.41) is 11.8. The Morgan fingerprint density at radius 3 is 1.74 bits per heavy atom. The van der Waals surface area contributed by atoms with E-state index in [1.54, 1.807) is 24.3 Å². The molecule has 1 saturated carbocycles. The summed E-state index contributed by atoms with van der Waals surface area (Å²) in [7, 11) is 0. The Kier molecular flexibility index (Phi) is 11.5. The van der Waals surface area contributed by atoms with Gasteiger partial charge in [-0.2, -0.15) is 5.26 Å². The van der Waals surface area contributed by atoms with Crippen molar-refractivity contribution in [2.75, 3.05) is 0 Å². The Balaban J connectivity index is 0.00000656. The summed E-state index contributed by atoms with van der Waals surface area (Å²) in [5.74, 6) is 0. The molecule has 1 aliphatic carbocycles. The Morgan fingerprint density at radius 2 is 1.21 bits per heavy atom. The first kappa shape index (κ1) is 40.5. The molecular weight excluding hydrogens is 1010 g/mol. The average molecular weight is 1070 g/mol. The molecule has 0 radical (unpaired) electrons. The van der Waals surface area contributed by atoms with Crippen molar-refractivity contribution < 1.29 is 31.4 Å². The SMILES string of the molecule is [2H]c1cc2c(oc3c(-c4ccc(C([2H])([2H])C([2H])([2H])c5cc(CC(C)(C)c6ccc(-c7[c-]cccc7)nc6)cc(CC(C)(C)c6ccc(-c7[c-]cccc7)nc6)c5)cn4)[c-]ccc32)c(C2(C)CCCC2)c1C#N.[Ir+3]. The van der Waals surface area contributed by atoms with E-state index in [0.29, 0.717) is 40.8 Å². The number of furan rings is 1. The van der Waals surface area contributed by atoms with Crippen LogP contribution in [-0.2, 0) is 61.9 Å². The first-order valence-electron chi connectivity index (χ1n) is 25.7. The maximum atomic E-state index is 10.3. The number of aromatic nitrogens is 3. The third-order valence-electron chi connectivity index (χ3n) is 13.7. The molecule has 68 heavy (non-hydrogen) atoms. The molecule has 5 aromatic carbocycles. The summed E-state index contributed by atoms with van der Waals surface area (Å²) in [5.41, 5.74) is 9.73. The van der Waals surface area contributed by atoms with E-state index in [2.05, 4.69) is 77.1 Å². The molecule has 4 aromatic heterocycles. The number of pyridine rings is 3. The minimum Gasteiger partial charge on any atom is -0.500 e. The first-order chi connectivity index (χ1) is 34.4. The van der Waals surface area contributed by atoms with Crippen molar-refractivity contribution in [3.8, 4) is 39.8 Å². The molecule has 0 unspecified atom stereocenters. The molecule has 6 heteroatoms. The zero-order valence-corrected chi connectivity index (χ0v) is 41.4. The first-order valence-corrected chi connectivity index (χ1v) is 23.2. The van der Waals surface area contributed by atoms with Gasteiger partial charge in [-0.15, -0.1) is 90.0 Å². The van der Waals surface area contributed by atoms with Gasteiger partial charge in [0.15, 0.2) is 0 Å². The van der Waals surface area contributed by atoms with Gasteiger partial charge in [0.25, 0.3) is 0 Å². The number of aryl methyl sites for hydroxylation is 2. The average Bonchev–Trinajstić information content (AvgIpc) is 4.00. The van der Waals surface area contributed by atoms with E-state index >= 15 is 0 Å². The van der Waals surface area contributed by atoms with E-state index in [4.69, 9.17) is 20.7 Å². The monoisotopic (exact) mass is 1070 g/mol. The second-order valence-corrected chi connectivity index (χ2v) is 19.6. The van der Waals surface area contributed by atoms with Crippen molar-refractivity contribution >= 4 is 21.9 Å². The van der Waals surface area contributed by atoms with Crippen LogP contribution in [0.4, 0.5) is 0 Å². The van der Waals surface area contributed by atoms with Gasteiger partial charge in [-0.3, -0.25) is 0 Å². The molecule has 0 N–H and O–H groups in total. The molecule has 1 aliphatic rings. The van der Waals surface area contributed by atoms with Crippen LogP contribution in [0.1, 0.15) is 112 Å². The van der Waals surface area contributed by atoms with E-state index in [-0.39, 0.29) is 42.7 Å². The van der Waals surface area contributed by atoms with Gasteiger partial charge in [0.2, 0.25) is 0 Å². The topological polar surface area (TPSA) is 75.6 Å². The fourth-order valence-electron chi connectivity index (χ4n) is 10.0. The van der Waals surface area contributed by atoms with Crippen LogP contribution >= 0.6 is 0 Å². The van der Waals surface area contributed by atoms with Crippen molar-refractivity contribution in [3.05, 3.63) is 209 Å². The van der Waals surface area contributed by atoms with Crippen LogP contribution in [0.25, 0.3) is 55.7 Å². The van der Waals surface area contributed by atoms with Gasteiger partial charge in [0.05, 0.1) is 18.6 Å². The van der Waals surface area contributed by atoms with Crippen LogP contribution in [0.5, 0.6) is 0 Å². The van der Waals surface area contributed by atoms with Crippen LogP contribution < -0.4 is 0 Å². The summed E-state index contributed by atoms with van der Waals surface area (Å²) in [6.45, 7) is 10.8. The summed E-state index contributed by atoms with van der Waals surface area (Å²) in [6.07, 6.45) is 5.14. The third kappa shape index (κ3) is 9.48. The smallest absolute Gasteiger partial charge is 0.500 e. The Labute approximate surface area is 422 Å². The Hall–Kier alpha value is -6.51. The maximum Gasteiger partial charge on any atom is 3.00 e. The number of nitrogens with zero attached hydrogens (tertiary/aromatic N) is 4. The molecule has 0 atom stereocenters. The van der Waals surface area contributed by atoms with Crippen LogP contribution in [0.3, 0.4) is 0 Å². The van der Waals surface area contributed by atoms with E-state index in [9.17, 15) is 10.7 Å². The number of hydrogen-bond donors (Lipinski definition) is 0. The van der Waals surface area contributed by atoms with E-state index in [0.717, 1.165) is 86.8 Å². The molecule has 0 aliphatic heterocycles. The number of fused-ring (bicyclic) bond motifs is 3. The standard InChI is InChI=1S/C62H55N4O.Ir/c1-60(2,49-25-29-54(65-40-49)46-15-8-6-9-16-46)36-44-33-43(34-45(35-44)37-61(3,4)50-26-30-55(66-41-50)47-17-10-7-11-18-47)22-21-42-23-28-56(64-39-42)53-20-14-19-51-52-27-24-48(38-63)57(59(52)67-58(51)53)62(5)31-12-13-32-62;/h6-11,14-15,17,19,23-30,33-35,39-41H,12-13,21-22,31-32,36-37H2,1-5H3;/q-3;+3/i21D2,22D2,24D;. The second kappa shape index (κ2) is 19.2. The number of benzene rings is 5. The molecule has 5 nitrogen and oxygen atoms in total. The molecule has 0 saturated heterocycles. The molecule has 9 aromatic rings. The number of nitriles is 1. The molecule has 0 bridgehead atoms. The van der Waals surface area contributed by atoms with Gasteiger partial charge < -0.3 is 19.4 Å². The van der Waals surface area contributed by atoms with Gasteiger partial charge in [0, 0.05) is 35.0 Å². The van der Waals surface area contributed by atoms with E-state index in [1.165, 1.54) is 6.20 Å². The molecule has 338 valence electrons. The summed E-state index contributed by atoms with van der Waals surface area (Å²) >= 11 is 0. The fraction of sp³-hybridized carbons (Fsp3) is 0.258. The van der Waals surface area contributed by atoms with Crippen LogP contribution in [0.15, 0.2) is 150 Å². The van der Waals surface area contributed by atoms with Gasteiger partial charge in [-0.05, 0) is 111 Å². The van der Waals surface area contributed by atoms with Crippen molar-refractivity contribution in [3.63, 3.8) is 0 Å². The molecule has 1 fully saturated rings. The third-order valence-corrected chi connectivity index (χ3v) is 13.7. The molecule has 0 amide bonds. The van der Waals surface area contributed by atoms with Gasteiger partial charge in [-0.1, -0.05) is 119 Å². The van der Waals surface area contributed by atoms with Crippen LogP contribution in [0.2, 0.25) is 0 Å². The van der Waals surface area contributed by atoms with Crippen LogP contribution in [0, 0.1) is 29.5 Å². The predicted molar refractivity (Wildman–Crippen MR) is 271 cm³/mol. The van der Waals surface area contributed by atoms with Crippen molar-refractivity contribution in [2.45, 2.75) is 102 Å². The quantitative estimate of drug-likeness (QED) is 0.108. The van der Waals surface area contributed by atoms with E-state index < -0.39 is 23.6 Å². The molecular formula is C62H55IrN4O. The predicted octanol–water partition coefficient (Wildman–Crippen LogP) is 14.7. The van der Waals surface area contributed by atoms with Crippen LogP contribution in [-0.4, -0.2) is 15.0 Å². The normalized spacial score (nSPS) is 15.1. The van der Waals surface area contributed by atoms with Gasteiger partial charge in [0.1, 0.15) is 5.58 Å². The second-order valence-electron chi connectivity index (χ2n) is 19.6. The summed E-state index contributed by atoms with van der Waals surface area (Å²) in [4.78, 5) is 14.4. The fourth-order valence-corrected chi connectivity index (χ4v) is 10.0. The zero-order chi connectivity index (χ0) is 50.6. The zero-order valence-electron chi connectivity index (χ0n) is 44.1. The van der Waals surface area contributed by atoms with Gasteiger partial charge in [-0.25, -0.2) is 0 Å². The van der Waals surface area contributed by atoms with Crippen molar-refractivity contribution in [2.24, 2.45) is 0 Å². The number of rotatable bonds is 13. The molecule has 0 spiro atoms. The van der Waals surface area contributed by atoms with Crippen molar-refractivity contribution in [1.29, 1.82) is 5.26 Å². The minimum atomic E-state index is -2.53. The van der Waals surface area contributed by atoms with E-state index in [1.807, 2.05) is 91.3 Å². The number of hydrogen-bond acceptors (Lipinski definition) is 5. The van der Waals surface area contributed by atoms with Crippen molar-refractivity contribution in [1.82, 2.24) is 15.0 Å². The largest absolute Gasteiger partial charge is 3.00 e. The van der Waals surface area contributed by atoms with Gasteiger partial charge >= 0.3 is 20.1 Å². The molecule has 4 heterocycles.